The Morgan fingerprint density at radius 3 is 2.60 bits per heavy atom. The van der Waals surface area contributed by atoms with Gasteiger partial charge in [0, 0.05) is 25.6 Å². The number of aromatic nitrogens is 9. The highest BCUT2D eigenvalue weighted by Gasteiger charge is 2.38. The summed E-state index contributed by atoms with van der Waals surface area (Å²) < 4.78 is 41.1. The van der Waals surface area contributed by atoms with Gasteiger partial charge in [0.2, 0.25) is 17.5 Å². The Kier molecular flexibility index (Phi) is 8.91. The summed E-state index contributed by atoms with van der Waals surface area (Å²) in [5.74, 6) is -0.682. The molecule has 5 heterocycles. The molecule has 0 saturated carbocycles. The lowest BCUT2D eigenvalue weighted by atomic mass is 10.2. The molecule has 0 fully saturated rings. The van der Waals surface area contributed by atoms with Crippen molar-refractivity contribution in [2.75, 3.05) is 0 Å². The van der Waals surface area contributed by atoms with Crippen LogP contribution in [-0.4, -0.2) is 61.5 Å². The second-order valence-electron chi connectivity index (χ2n) is 8.52. The maximum absolute atomic E-state index is 13.2. The molecule has 0 aliphatic carbocycles. The van der Waals surface area contributed by atoms with Crippen molar-refractivity contribution in [1.29, 1.82) is 0 Å². The van der Waals surface area contributed by atoms with E-state index in [0.717, 1.165) is 19.3 Å². The third-order valence-corrected chi connectivity index (χ3v) is 6.04. The molecule has 0 radical (unpaired) electrons. The Hall–Kier alpha value is -4.15. The van der Waals surface area contributed by atoms with Crippen LogP contribution in [0.4, 0.5) is 13.2 Å². The molecule has 0 aliphatic heterocycles. The van der Waals surface area contributed by atoms with Crippen LogP contribution < -0.4 is 5.56 Å². The summed E-state index contributed by atoms with van der Waals surface area (Å²) in [7, 11) is 0. The zero-order valence-corrected chi connectivity index (χ0v) is 22.6. The van der Waals surface area contributed by atoms with Gasteiger partial charge in [-0.1, -0.05) is 31.0 Å². The van der Waals surface area contributed by atoms with Gasteiger partial charge in [-0.2, -0.15) is 18.2 Å². The lowest BCUT2D eigenvalue weighted by Gasteiger charge is -2.09. The van der Waals surface area contributed by atoms with Crippen molar-refractivity contribution in [2.24, 2.45) is 0 Å². The van der Waals surface area contributed by atoms with Gasteiger partial charge in [-0.3, -0.25) is 14.3 Å². The monoisotopic (exact) mass is 625 g/mol. The molecule has 0 saturated heterocycles. The summed E-state index contributed by atoms with van der Waals surface area (Å²) in [4.78, 5) is 38.2. The van der Waals surface area contributed by atoms with Gasteiger partial charge in [-0.15, -0.1) is 10.2 Å². The number of halogens is 4. The summed E-state index contributed by atoms with van der Waals surface area (Å²) >= 11 is 3.35. The number of rotatable bonds is 9. The third-order valence-electron chi connectivity index (χ3n) is 5.66. The second-order valence-corrected chi connectivity index (χ2v) is 9.28. The van der Waals surface area contributed by atoms with Crippen molar-refractivity contribution >= 4 is 38.8 Å². The Morgan fingerprint density at radius 2 is 1.93 bits per heavy atom. The van der Waals surface area contributed by atoms with Crippen LogP contribution in [0.15, 0.2) is 38.4 Å². The molecule has 2 N–H and O–H groups in total. The summed E-state index contributed by atoms with van der Waals surface area (Å²) in [6, 6.07) is 5.54. The molecule has 5 aromatic rings. The normalized spacial score (nSPS) is 11.6. The van der Waals surface area contributed by atoms with Crippen molar-refractivity contribution in [3.8, 4) is 11.5 Å². The fourth-order valence-corrected chi connectivity index (χ4v) is 4.18. The highest BCUT2D eigenvalue weighted by Crippen LogP contribution is 2.18. The predicted octanol–water partition coefficient (Wildman–Crippen LogP) is 3.97. The van der Waals surface area contributed by atoms with E-state index in [9.17, 15) is 18.0 Å². The largest absolute Gasteiger partial charge is 0.490 e. The van der Waals surface area contributed by atoms with E-state index < -0.39 is 12.1 Å². The minimum atomic E-state index is -5.08. The smallest absolute Gasteiger partial charge is 0.475 e. The molecular formula is C23H23BrF3N9O4. The quantitative estimate of drug-likeness (QED) is 0.180. The molecule has 0 aliphatic rings. The Bertz CT molecular complexity index is 1660. The number of aromatic amines is 1. The average Bonchev–Trinajstić information content (AvgIpc) is 3.65. The topological polar surface area (TPSA) is 170 Å². The van der Waals surface area contributed by atoms with Crippen LogP contribution in [0.1, 0.15) is 44.3 Å². The fraction of sp³-hybridized carbons (Fsp3) is 0.391. The van der Waals surface area contributed by atoms with E-state index in [1.54, 1.807) is 10.6 Å². The number of nitrogens with zero attached hydrogens (tertiary/aromatic N) is 8. The summed E-state index contributed by atoms with van der Waals surface area (Å²) in [5, 5.41) is 19.8. The zero-order valence-electron chi connectivity index (χ0n) is 21.0. The van der Waals surface area contributed by atoms with E-state index in [-0.39, 0.29) is 5.56 Å². The van der Waals surface area contributed by atoms with Crippen LogP contribution in [-0.2, 0) is 24.2 Å². The SMILES string of the molecule is CCCCCn1c2nc(Br)[nH]c2c(=O)n2c(CCCc3nc(-c4ccccn4)no3)nnc12.O=C(O)C(F)(F)F. The van der Waals surface area contributed by atoms with Crippen LogP contribution in [0, 0.1) is 0 Å². The highest BCUT2D eigenvalue weighted by atomic mass is 79.9. The number of fused-ring (bicyclic) bond motifs is 2. The number of pyridine rings is 1. The first-order chi connectivity index (χ1) is 19.1. The molecule has 17 heteroatoms. The number of imidazole rings is 1. The van der Waals surface area contributed by atoms with Gasteiger partial charge in [0.15, 0.2) is 15.9 Å². The maximum atomic E-state index is 13.2. The number of carboxylic acid groups (broad SMARTS) is 1. The molecule has 5 aromatic heterocycles. The Labute approximate surface area is 231 Å². The van der Waals surface area contributed by atoms with Crippen molar-refractivity contribution in [3.63, 3.8) is 0 Å². The first-order valence-electron chi connectivity index (χ1n) is 12.2. The highest BCUT2D eigenvalue weighted by molar-refractivity contribution is 9.10. The number of unbranched alkanes of at least 4 members (excludes halogenated alkanes) is 2. The lowest BCUT2D eigenvalue weighted by Crippen LogP contribution is -2.21. The van der Waals surface area contributed by atoms with E-state index in [2.05, 4.69) is 58.1 Å². The minimum absolute atomic E-state index is 0.208. The number of aliphatic carboxylic acids is 1. The van der Waals surface area contributed by atoms with E-state index in [1.807, 2.05) is 22.8 Å². The molecule has 0 atom stereocenters. The number of alkyl halides is 3. The van der Waals surface area contributed by atoms with E-state index in [1.165, 1.54) is 0 Å². The van der Waals surface area contributed by atoms with Crippen molar-refractivity contribution < 1.29 is 27.6 Å². The summed E-state index contributed by atoms with van der Waals surface area (Å²) in [5.41, 5.74) is 1.47. The van der Waals surface area contributed by atoms with Gasteiger partial charge >= 0.3 is 12.1 Å². The summed E-state index contributed by atoms with van der Waals surface area (Å²) in [6.07, 6.45) is 1.50. The van der Waals surface area contributed by atoms with Gasteiger partial charge < -0.3 is 14.6 Å². The van der Waals surface area contributed by atoms with Crippen molar-refractivity contribution in [2.45, 2.75) is 58.2 Å². The van der Waals surface area contributed by atoms with Crippen molar-refractivity contribution in [3.05, 3.63) is 51.2 Å². The van der Waals surface area contributed by atoms with Gasteiger partial charge in [-0.05, 0) is 40.9 Å². The first-order valence-corrected chi connectivity index (χ1v) is 13.0. The molecule has 212 valence electrons. The van der Waals surface area contributed by atoms with Crippen LogP contribution in [0.25, 0.3) is 28.5 Å². The molecular weight excluding hydrogens is 603 g/mol. The number of carbonyl (C=O) groups is 1. The van der Waals surface area contributed by atoms with E-state index in [0.29, 0.717) is 70.7 Å². The van der Waals surface area contributed by atoms with Crippen LogP contribution in [0.3, 0.4) is 0 Å². The summed E-state index contributed by atoms with van der Waals surface area (Å²) in [6.45, 7) is 2.86. The molecule has 40 heavy (non-hydrogen) atoms. The van der Waals surface area contributed by atoms with E-state index >= 15 is 0 Å². The third kappa shape index (κ3) is 6.52. The Morgan fingerprint density at radius 1 is 1.15 bits per heavy atom. The molecule has 0 amide bonds. The molecule has 0 spiro atoms. The average molecular weight is 626 g/mol. The number of nitrogens with one attached hydrogen (secondary N) is 1. The molecule has 0 unspecified atom stereocenters. The number of H-pyrrole nitrogens is 1. The van der Waals surface area contributed by atoms with Gasteiger partial charge in [-0.25, -0.2) is 14.2 Å². The molecule has 13 nitrogen and oxygen atoms in total. The standard InChI is InChI=1S/C21H22BrN9O2.C2HF3O2/c1-2-3-6-12-30-18-16(25-20(22)26-18)19(32)31-14(27-28-21(30)31)9-7-10-15-24-17(29-33-15)13-8-4-5-11-23-13;3-2(4,5)1(6)7/h4-5,8,11H,2-3,6-7,9-10,12H2,1H3,(H,25,26);(H,6,7). The number of hydrogen-bond donors (Lipinski definition) is 2. The van der Waals surface area contributed by atoms with Crippen LogP contribution >= 0.6 is 15.9 Å². The predicted molar refractivity (Wildman–Crippen MR) is 137 cm³/mol. The lowest BCUT2D eigenvalue weighted by molar-refractivity contribution is -0.192. The number of hydrogen-bond acceptors (Lipinski definition) is 9. The van der Waals surface area contributed by atoms with Crippen LogP contribution in [0.2, 0.25) is 0 Å². The van der Waals surface area contributed by atoms with Gasteiger partial charge in [0.25, 0.3) is 5.56 Å². The van der Waals surface area contributed by atoms with Crippen LogP contribution in [0.5, 0.6) is 0 Å². The first kappa shape index (κ1) is 28.8. The molecule has 5 rings (SSSR count). The molecule has 0 aromatic carbocycles. The Balaban J connectivity index is 0.000000470. The van der Waals surface area contributed by atoms with E-state index in [4.69, 9.17) is 14.4 Å². The van der Waals surface area contributed by atoms with Gasteiger partial charge in [0.1, 0.15) is 11.5 Å². The maximum Gasteiger partial charge on any atom is 0.490 e. The number of carboxylic acids is 1. The number of aryl methyl sites for hydroxylation is 3. The van der Waals surface area contributed by atoms with Gasteiger partial charge in [0.05, 0.1) is 0 Å². The van der Waals surface area contributed by atoms with Crippen molar-refractivity contribution in [1.82, 2.24) is 44.3 Å². The molecule has 0 bridgehead atoms. The minimum Gasteiger partial charge on any atom is -0.475 e. The second kappa shape index (κ2) is 12.4. The fourth-order valence-electron chi connectivity index (χ4n) is 3.82. The zero-order chi connectivity index (χ0) is 28.9.